The zero-order chi connectivity index (χ0) is 26.0. The highest BCUT2D eigenvalue weighted by molar-refractivity contribution is 5.92. The second kappa shape index (κ2) is 10.2. The van der Waals surface area contributed by atoms with Crippen molar-refractivity contribution in [1.29, 1.82) is 0 Å². The van der Waals surface area contributed by atoms with E-state index >= 15 is 0 Å². The van der Waals surface area contributed by atoms with Crippen molar-refractivity contribution in [2.75, 3.05) is 10.6 Å². The molecule has 4 rings (SSSR count). The van der Waals surface area contributed by atoms with E-state index in [0.29, 0.717) is 29.9 Å². The molecule has 0 aliphatic rings. The van der Waals surface area contributed by atoms with Crippen LogP contribution >= 0.6 is 0 Å². The maximum atomic E-state index is 13.5. The fourth-order valence-corrected chi connectivity index (χ4v) is 4.60. The van der Waals surface area contributed by atoms with E-state index in [1.54, 1.807) is 28.8 Å². The Morgan fingerprint density at radius 2 is 1.64 bits per heavy atom. The highest BCUT2D eigenvalue weighted by Crippen LogP contribution is 2.27. The number of nitrogens with zero attached hydrogens (tertiary/aromatic N) is 3. The van der Waals surface area contributed by atoms with Crippen LogP contribution in [0.15, 0.2) is 53.3 Å². The molecule has 8 nitrogen and oxygen atoms in total. The Morgan fingerprint density at radius 3 is 2.25 bits per heavy atom. The Labute approximate surface area is 209 Å². The van der Waals surface area contributed by atoms with Crippen molar-refractivity contribution < 1.29 is 9.59 Å². The number of fused-ring (bicyclic) bond motifs is 1. The van der Waals surface area contributed by atoms with E-state index in [1.807, 2.05) is 56.6 Å². The second-order valence-corrected chi connectivity index (χ2v) is 8.99. The lowest BCUT2D eigenvalue weighted by molar-refractivity contribution is -0.116. The highest BCUT2D eigenvalue weighted by Gasteiger charge is 2.21. The van der Waals surface area contributed by atoms with Crippen LogP contribution in [-0.4, -0.2) is 26.2 Å². The summed E-state index contributed by atoms with van der Waals surface area (Å²) in [6.45, 7) is 9.80. The zero-order valence-corrected chi connectivity index (χ0v) is 21.3. The summed E-state index contributed by atoms with van der Waals surface area (Å²) in [6, 6.07) is 15.0. The van der Waals surface area contributed by atoms with Crippen molar-refractivity contribution in [2.24, 2.45) is 0 Å². The van der Waals surface area contributed by atoms with Gasteiger partial charge in [0, 0.05) is 42.2 Å². The van der Waals surface area contributed by atoms with Crippen molar-refractivity contribution in [3.05, 3.63) is 81.3 Å². The molecule has 8 heteroatoms. The first-order valence-electron chi connectivity index (χ1n) is 12.1. The summed E-state index contributed by atoms with van der Waals surface area (Å²) >= 11 is 0. The van der Waals surface area contributed by atoms with Gasteiger partial charge in [-0.3, -0.25) is 19.0 Å². The molecule has 0 aliphatic heterocycles. The molecule has 186 valence electrons. The maximum absolute atomic E-state index is 13.5. The lowest BCUT2D eigenvalue weighted by Gasteiger charge is -2.15. The van der Waals surface area contributed by atoms with Crippen molar-refractivity contribution in [1.82, 2.24) is 14.3 Å². The van der Waals surface area contributed by atoms with Gasteiger partial charge in [0.2, 0.25) is 11.8 Å². The Bertz CT molecular complexity index is 1510. The van der Waals surface area contributed by atoms with Gasteiger partial charge in [-0.05, 0) is 81.6 Å². The van der Waals surface area contributed by atoms with E-state index in [-0.39, 0.29) is 23.8 Å². The van der Waals surface area contributed by atoms with Crippen molar-refractivity contribution in [3.63, 3.8) is 0 Å². The molecular weight excluding hydrogens is 454 g/mol. The molecule has 0 fully saturated rings. The monoisotopic (exact) mass is 485 g/mol. The molecule has 2 aromatic heterocycles. The third-order valence-corrected chi connectivity index (χ3v) is 6.28. The molecular formula is C28H31N5O3. The lowest BCUT2D eigenvalue weighted by Crippen LogP contribution is -2.27. The molecule has 0 spiro atoms. The number of carbonyl (C=O) groups excluding carboxylic acids is 2. The van der Waals surface area contributed by atoms with Crippen LogP contribution in [-0.2, 0) is 22.6 Å². The van der Waals surface area contributed by atoms with Crippen LogP contribution < -0.4 is 16.2 Å². The van der Waals surface area contributed by atoms with Gasteiger partial charge < -0.3 is 10.6 Å². The van der Waals surface area contributed by atoms with Gasteiger partial charge in [0.1, 0.15) is 5.65 Å². The van der Waals surface area contributed by atoms with Crippen LogP contribution in [0, 0.1) is 20.8 Å². The zero-order valence-electron chi connectivity index (χ0n) is 21.3. The SMILES string of the molecule is CCn1c(=O)c(CCC(=O)Nc2ccc(NC(C)=O)cc2)c(C)c2c(C)nn(-c3cccc(C)c3)c21. The molecule has 0 radical (unpaired) electrons. The van der Waals surface area contributed by atoms with E-state index in [2.05, 4.69) is 10.6 Å². The van der Waals surface area contributed by atoms with E-state index in [9.17, 15) is 14.4 Å². The smallest absolute Gasteiger partial charge is 0.255 e. The third kappa shape index (κ3) is 4.93. The minimum Gasteiger partial charge on any atom is -0.326 e. The lowest BCUT2D eigenvalue weighted by atomic mass is 10.0. The molecule has 36 heavy (non-hydrogen) atoms. The normalized spacial score (nSPS) is 11.0. The summed E-state index contributed by atoms with van der Waals surface area (Å²) < 4.78 is 3.59. The highest BCUT2D eigenvalue weighted by atomic mass is 16.2. The number of hydrogen-bond acceptors (Lipinski definition) is 4. The molecule has 0 bridgehead atoms. The molecule has 0 saturated carbocycles. The number of pyridine rings is 1. The minimum absolute atomic E-state index is 0.0937. The molecule has 0 saturated heterocycles. The fourth-order valence-electron chi connectivity index (χ4n) is 4.60. The van der Waals surface area contributed by atoms with E-state index in [4.69, 9.17) is 5.10 Å². The molecule has 0 unspecified atom stereocenters. The molecule has 0 atom stereocenters. The van der Waals surface area contributed by atoms with Gasteiger partial charge in [-0.1, -0.05) is 12.1 Å². The average molecular weight is 486 g/mol. The quantitative estimate of drug-likeness (QED) is 0.398. The number of amides is 2. The summed E-state index contributed by atoms with van der Waals surface area (Å²) in [5.74, 6) is -0.340. The molecule has 2 aromatic carbocycles. The van der Waals surface area contributed by atoms with Crippen LogP contribution in [0.5, 0.6) is 0 Å². The van der Waals surface area contributed by atoms with Gasteiger partial charge in [-0.25, -0.2) is 4.68 Å². The van der Waals surface area contributed by atoms with Crippen LogP contribution in [0.25, 0.3) is 16.7 Å². The molecule has 0 aliphatic carbocycles. The van der Waals surface area contributed by atoms with E-state index in [0.717, 1.165) is 33.5 Å². The van der Waals surface area contributed by atoms with Gasteiger partial charge in [-0.2, -0.15) is 5.10 Å². The first-order valence-corrected chi connectivity index (χ1v) is 12.1. The number of rotatable bonds is 7. The summed E-state index contributed by atoms with van der Waals surface area (Å²) in [5, 5.41) is 11.3. The Hall–Kier alpha value is -4.20. The molecule has 2 amide bonds. The van der Waals surface area contributed by atoms with E-state index < -0.39 is 0 Å². The summed E-state index contributed by atoms with van der Waals surface area (Å²) in [5.41, 5.74) is 6.33. The van der Waals surface area contributed by atoms with Crippen LogP contribution in [0.2, 0.25) is 0 Å². The Balaban J connectivity index is 1.62. The van der Waals surface area contributed by atoms with Gasteiger partial charge in [0.15, 0.2) is 0 Å². The first-order chi connectivity index (χ1) is 17.2. The number of nitrogens with one attached hydrogen (secondary N) is 2. The number of hydrogen-bond donors (Lipinski definition) is 2. The van der Waals surface area contributed by atoms with E-state index in [1.165, 1.54) is 6.92 Å². The van der Waals surface area contributed by atoms with Crippen molar-refractivity contribution in [3.8, 4) is 5.69 Å². The minimum atomic E-state index is -0.184. The van der Waals surface area contributed by atoms with Crippen molar-refractivity contribution >= 4 is 34.2 Å². The summed E-state index contributed by atoms with van der Waals surface area (Å²) in [7, 11) is 0. The largest absolute Gasteiger partial charge is 0.326 e. The standard InChI is InChI=1S/C28H31N5O3/c1-6-32-27-26(19(4)31-33(27)23-9-7-8-17(2)16-23)18(3)24(28(32)36)14-15-25(35)30-22-12-10-21(11-13-22)29-20(5)34/h7-13,16H,6,14-15H2,1-5H3,(H,29,34)(H,30,35). The number of anilines is 2. The summed E-state index contributed by atoms with van der Waals surface area (Å²) in [6.07, 6.45) is 0.495. The predicted octanol–water partition coefficient (Wildman–Crippen LogP) is 4.66. The van der Waals surface area contributed by atoms with Crippen LogP contribution in [0.3, 0.4) is 0 Å². The van der Waals surface area contributed by atoms with Crippen LogP contribution in [0.1, 0.15) is 42.7 Å². The number of aromatic nitrogens is 3. The predicted molar refractivity (Wildman–Crippen MR) is 143 cm³/mol. The number of aryl methyl sites for hydroxylation is 4. The van der Waals surface area contributed by atoms with Gasteiger partial charge in [-0.15, -0.1) is 0 Å². The molecule has 2 N–H and O–H groups in total. The third-order valence-electron chi connectivity index (χ3n) is 6.28. The van der Waals surface area contributed by atoms with Gasteiger partial charge in [0.25, 0.3) is 5.56 Å². The van der Waals surface area contributed by atoms with Crippen LogP contribution in [0.4, 0.5) is 11.4 Å². The Kier molecular flexibility index (Phi) is 7.05. The summed E-state index contributed by atoms with van der Waals surface area (Å²) in [4.78, 5) is 37.4. The first kappa shape index (κ1) is 24.9. The number of carbonyl (C=O) groups is 2. The molecule has 2 heterocycles. The number of benzene rings is 2. The fraction of sp³-hybridized carbons (Fsp3) is 0.286. The maximum Gasteiger partial charge on any atom is 0.255 e. The average Bonchev–Trinajstić information content (AvgIpc) is 3.17. The van der Waals surface area contributed by atoms with Gasteiger partial charge >= 0.3 is 0 Å². The second-order valence-electron chi connectivity index (χ2n) is 8.99. The van der Waals surface area contributed by atoms with Gasteiger partial charge in [0.05, 0.1) is 11.4 Å². The molecule has 4 aromatic rings. The topological polar surface area (TPSA) is 98.0 Å². The van der Waals surface area contributed by atoms with Crippen molar-refractivity contribution in [2.45, 2.75) is 54.0 Å². The Morgan fingerprint density at radius 1 is 0.972 bits per heavy atom.